The maximum Gasteiger partial charge on any atom is 0.244 e. The first-order valence-electron chi connectivity index (χ1n) is 11.7. The summed E-state index contributed by atoms with van der Waals surface area (Å²) in [6.07, 6.45) is 5.43. The molecule has 7 nitrogen and oxygen atoms in total. The van der Waals surface area contributed by atoms with Crippen LogP contribution in [0.1, 0.15) is 44.6 Å². The van der Waals surface area contributed by atoms with Gasteiger partial charge in [0.2, 0.25) is 21.8 Å². The van der Waals surface area contributed by atoms with Crippen LogP contribution in [-0.2, 0) is 26.2 Å². The van der Waals surface area contributed by atoms with Gasteiger partial charge in [0.15, 0.2) is 0 Å². The topological polar surface area (TPSA) is 86.8 Å². The number of benzene rings is 2. The standard InChI is InChI=1S/C25H31BrClN3O4S/c1-3-23(25(32)28-20-9-5-6-10-20)29(16-18-8-4-7-11-22(18)27)24(31)17-30(35(2,33)34)21-14-12-19(26)13-15-21/h4,7-8,11-15,20,23H,3,5-6,9-10,16-17H2,1-2H3,(H,28,32)/t23-/m1/s1. The van der Waals surface area contributed by atoms with Crippen LogP contribution in [0.2, 0.25) is 5.02 Å². The molecule has 35 heavy (non-hydrogen) atoms. The van der Waals surface area contributed by atoms with E-state index in [0.717, 1.165) is 40.7 Å². The molecule has 190 valence electrons. The van der Waals surface area contributed by atoms with Crippen molar-refractivity contribution in [1.29, 1.82) is 0 Å². The van der Waals surface area contributed by atoms with E-state index in [-0.39, 0.29) is 18.5 Å². The number of sulfonamides is 1. The zero-order valence-corrected chi connectivity index (χ0v) is 23.1. The maximum absolute atomic E-state index is 13.7. The number of carbonyl (C=O) groups excluding carboxylic acids is 2. The molecule has 0 spiro atoms. The quantitative estimate of drug-likeness (QED) is 0.437. The normalized spacial score (nSPS) is 15.0. The zero-order chi connectivity index (χ0) is 25.6. The van der Waals surface area contributed by atoms with E-state index in [2.05, 4.69) is 21.2 Å². The summed E-state index contributed by atoms with van der Waals surface area (Å²) >= 11 is 9.72. The van der Waals surface area contributed by atoms with Crippen LogP contribution in [0.15, 0.2) is 53.0 Å². The second kappa shape index (κ2) is 12.2. The van der Waals surface area contributed by atoms with E-state index in [4.69, 9.17) is 11.6 Å². The van der Waals surface area contributed by atoms with Crippen LogP contribution < -0.4 is 9.62 Å². The van der Waals surface area contributed by atoms with Crippen LogP contribution in [0.4, 0.5) is 5.69 Å². The fourth-order valence-electron chi connectivity index (χ4n) is 4.32. The van der Waals surface area contributed by atoms with Crippen LogP contribution in [-0.4, -0.2) is 50.0 Å². The SMILES string of the molecule is CC[C@H](C(=O)NC1CCCC1)N(Cc1ccccc1Cl)C(=O)CN(c1ccc(Br)cc1)S(C)(=O)=O. The van der Waals surface area contributed by atoms with Gasteiger partial charge in [0.1, 0.15) is 12.6 Å². The van der Waals surface area contributed by atoms with E-state index in [0.29, 0.717) is 22.7 Å². The van der Waals surface area contributed by atoms with E-state index in [1.165, 1.54) is 4.90 Å². The predicted molar refractivity (Wildman–Crippen MR) is 143 cm³/mol. The highest BCUT2D eigenvalue weighted by atomic mass is 79.9. The minimum Gasteiger partial charge on any atom is -0.352 e. The number of nitrogens with one attached hydrogen (secondary N) is 1. The van der Waals surface area contributed by atoms with Crippen molar-refractivity contribution in [3.63, 3.8) is 0 Å². The van der Waals surface area contributed by atoms with Gasteiger partial charge in [-0.1, -0.05) is 65.5 Å². The van der Waals surface area contributed by atoms with Crippen molar-refractivity contribution < 1.29 is 18.0 Å². The lowest BCUT2D eigenvalue weighted by Gasteiger charge is -2.33. The highest BCUT2D eigenvalue weighted by Crippen LogP contribution is 2.24. The van der Waals surface area contributed by atoms with Gasteiger partial charge in [0.05, 0.1) is 11.9 Å². The number of amides is 2. The maximum atomic E-state index is 13.7. The lowest BCUT2D eigenvalue weighted by Crippen LogP contribution is -2.53. The molecule has 0 aliphatic heterocycles. The molecule has 1 atom stereocenters. The van der Waals surface area contributed by atoms with Crippen LogP contribution in [0.3, 0.4) is 0 Å². The second-order valence-electron chi connectivity index (χ2n) is 8.77. The molecular weight excluding hydrogens is 554 g/mol. The Morgan fingerprint density at radius 3 is 2.31 bits per heavy atom. The molecule has 0 aromatic heterocycles. The minimum absolute atomic E-state index is 0.0903. The third-order valence-electron chi connectivity index (χ3n) is 6.18. The molecule has 0 saturated heterocycles. The second-order valence-corrected chi connectivity index (χ2v) is 12.0. The molecule has 1 aliphatic rings. The van der Waals surface area contributed by atoms with Crippen LogP contribution >= 0.6 is 27.5 Å². The van der Waals surface area contributed by atoms with Gasteiger partial charge in [0.25, 0.3) is 0 Å². The molecule has 2 amide bonds. The van der Waals surface area contributed by atoms with Crippen LogP contribution in [0.5, 0.6) is 0 Å². The monoisotopic (exact) mass is 583 g/mol. The predicted octanol–water partition coefficient (Wildman–Crippen LogP) is 4.73. The van der Waals surface area contributed by atoms with Gasteiger partial charge in [-0.2, -0.15) is 0 Å². The molecule has 1 aliphatic carbocycles. The van der Waals surface area contributed by atoms with E-state index < -0.39 is 28.5 Å². The molecule has 10 heteroatoms. The molecule has 1 saturated carbocycles. The van der Waals surface area contributed by atoms with Crippen molar-refractivity contribution in [1.82, 2.24) is 10.2 Å². The largest absolute Gasteiger partial charge is 0.352 e. The molecule has 2 aromatic carbocycles. The number of rotatable bonds is 10. The summed E-state index contributed by atoms with van der Waals surface area (Å²) in [7, 11) is -3.77. The first kappa shape index (κ1) is 27.5. The Bertz CT molecular complexity index is 1140. The summed E-state index contributed by atoms with van der Waals surface area (Å²) < 4.78 is 27.1. The molecule has 1 fully saturated rings. The lowest BCUT2D eigenvalue weighted by atomic mass is 10.1. The Kier molecular flexibility index (Phi) is 9.61. The summed E-state index contributed by atoms with van der Waals surface area (Å²) in [5, 5.41) is 3.56. The van der Waals surface area contributed by atoms with Crippen molar-refractivity contribution in [3.05, 3.63) is 63.6 Å². The molecule has 0 unspecified atom stereocenters. The highest BCUT2D eigenvalue weighted by molar-refractivity contribution is 9.10. The number of nitrogens with zero attached hydrogens (tertiary/aromatic N) is 2. The highest BCUT2D eigenvalue weighted by Gasteiger charge is 2.33. The van der Waals surface area contributed by atoms with Gasteiger partial charge in [-0.3, -0.25) is 13.9 Å². The van der Waals surface area contributed by atoms with Gasteiger partial charge in [0, 0.05) is 22.1 Å². The van der Waals surface area contributed by atoms with Crippen LogP contribution in [0, 0.1) is 0 Å². The first-order chi connectivity index (χ1) is 16.6. The third kappa shape index (κ3) is 7.44. The fraction of sp³-hybridized carbons (Fsp3) is 0.440. The summed E-state index contributed by atoms with van der Waals surface area (Å²) in [5.74, 6) is -0.707. The third-order valence-corrected chi connectivity index (χ3v) is 8.22. The molecule has 1 N–H and O–H groups in total. The van der Waals surface area contributed by atoms with Crippen LogP contribution in [0.25, 0.3) is 0 Å². The first-order valence-corrected chi connectivity index (χ1v) is 14.7. The van der Waals surface area contributed by atoms with Gasteiger partial charge in [-0.05, 0) is 55.2 Å². The van der Waals surface area contributed by atoms with Gasteiger partial charge in [-0.15, -0.1) is 0 Å². The van der Waals surface area contributed by atoms with Crippen molar-refractivity contribution >= 4 is 55.1 Å². The lowest BCUT2D eigenvalue weighted by molar-refractivity contribution is -0.140. The van der Waals surface area contributed by atoms with Crippen molar-refractivity contribution in [2.75, 3.05) is 17.1 Å². The Hall–Kier alpha value is -2.10. The average molecular weight is 585 g/mol. The van der Waals surface area contributed by atoms with Gasteiger partial charge >= 0.3 is 0 Å². The number of hydrogen-bond acceptors (Lipinski definition) is 4. The summed E-state index contributed by atoms with van der Waals surface area (Å²) in [6.45, 7) is 1.50. The fourth-order valence-corrected chi connectivity index (χ4v) is 5.63. The Morgan fingerprint density at radius 1 is 1.11 bits per heavy atom. The van der Waals surface area contributed by atoms with E-state index in [1.54, 1.807) is 42.5 Å². The molecule has 0 bridgehead atoms. The minimum atomic E-state index is -3.77. The Labute approximate surface area is 221 Å². The molecule has 2 aromatic rings. The van der Waals surface area contributed by atoms with Crippen molar-refractivity contribution in [2.45, 2.75) is 57.7 Å². The van der Waals surface area contributed by atoms with E-state index in [1.807, 2.05) is 13.0 Å². The Balaban J connectivity index is 1.92. The molecule has 3 rings (SSSR count). The van der Waals surface area contributed by atoms with Gasteiger partial charge in [-0.25, -0.2) is 8.42 Å². The smallest absolute Gasteiger partial charge is 0.244 e. The average Bonchev–Trinajstić information content (AvgIpc) is 3.31. The molecule has 0 heterocycles. The Morgan fingerprint density at radius 2 is 1.74 bits per heavy atom. The van der Waals surface area contributed by atoms with E-state index >= 15 is 0 Å². The number of carbonyl (C=O) groups is 2. The number of halogens is 2. The van der Waals surface area contributed by atoms with Gasteiger partial charge < -0.3 is 10.2 Å². The van der Waals surface area contributed by atoms with Crippen molar-refractivity contribution in [3.8, 4) is 0 Å². The van der Waals surface area contributed by atoms with E-state index in [9.17, 15) is 18.0 Å². The molecular formula is C25H31BrClN3O4S. The zero-order valence-electron chi connectivity index (χ0n) is 19.9. The van der Waals surface area contributed by atoms with Crippen molar-refractivity contribution in [2.24, 2.45) is 0 Å². The number of hydrogen-bond donors (Lipinski definition) is 1. The summed E-state index contributed by atoms with van der Waals surface area (Å²) in [4.78, 5) is 28.4. The summed E-state index contributed by atoms with van der Waals surface area (Å²) in [6, 6.07) is 13.1. The summed E-state index contributed by atoms with van der Waals surface area (Å²) in [5.41, 5.74) is 1.05. The number of anilines is 1. The molecule has 0 radical (unpaired) electrons.